The first-order chi connectivity index (χ1) is 10.1. The number of amides is 1. The Labute approximate surface area is 130 Å². The molecule has 1 aromatic heterocycles. The molecule has 0 bridgehead atoms. The first-order valence-corrected chi connectivity index (χ1v) is 7.29. The molecule has 0 fully saturated rings. The second-order valence-corrected chi connectivity index (χ2v) is 5.75. The van der Waals surface area contributed by atoms with Gasteiger partial charge in [0.1, 0.15) is 18.2 Å². The van der Waals surface area contributed by atoms with Crippen molar-refractivity contribution in [2.75, 3.05) is 13.7 Å². The van der Waals surface area contributed by atoms with Gasteiger partial charge < -0.3 is 14.6 Å². The van der Waals surface area contributed by atoms with Gasteiger partial charge in [0.05, 0.1) is 12.1 Å². The predicted octanol–water partition coefficient (Wildman–Crippen LogP) is 2.61. The number of halogens is 1. The van der Waals surface area contributed by atoms with Crippen LogP contribution in [-0.4, -0.2) is 34.4 Å². The van der Waals surface area contributed by atoms with Crippen LogP contribution in [-0.2, 0) is 11.3 Å². The van der Waals surface area contributed by atoms with E-state index in [-0.39, 0.29) is 12.5 Å². The third-order valence-electron chi connectivity index (χ3n) is 3.25. The number of hydrogen-bond acceptors (Lipinski definition) is 3. The number of ether oxygens (including phenoxy) is 1. The molecule has 0 atom stereocenters. The second-order valence-electron chi connectivity index (χ2n) is 4.84. The van der Waals surface area contributed by atoms with E-state index in [0.29, 0.717) is 12.1 Å². The van der Waals surface area contributed by atoms with Crippen LogP contribution in [0.5, 0.6) is 5.75 Å². The van der Waals surface area contributed by atoms with Crippen LogP contribution in [0, 0.1) is 0 Å². The Balaban J connectivity index is 1.79. The summed E-state index contributed by atoms with van der Waals surface area (Å²) in [6, 6.07) is 5.75. The van der Waals surface area contributed by atoms with Gasteiger partial charge in [-0.15, -0.1) is 0 Å². The summed E-state index contributed by atoms with van der Waals surface area (Å²) in [4.78, 5) is 21.2. The van der Waals surface area contributed by atoms with Gasteiger partial charge in [-0.2, -0.15) is 0 Å². The SMILES string of the molecule is CN(Cc1ncc[nH]1)C(=O)C1=Cc2cc(Br)ccc2OC1. The smallest absolute Gasteiger partial charge is 0.253 e. The van der Waals surface area contributed by atoms with E-state index in [9.17, 15) is 4.79 Å². The number of fused-ring (bicyclic) bond motifs is 1. The van der Waals surface area contributed by atoms with Crippen LogP contribution in [0.15, 0.2) is 40.6 Å². The summed E-state index contributed by atoms with van der Waals surface area (Å²) < 4.78 is 6.59. The van der Waals surface area contributed by atoms with E-state index < -0.39 is 0 Å². The maximum Gasteiger partial charge on any atom is 0.253 e. The maximum atomic E-state index is 12.4. The topological polar surface area (TPSA) is 58.2 Å². The molecule has 0 spiro atoms. The summed E-state index contributed by atoms with van der Waals surface area (Å²) in [5.41, 5.74) is 1.54. The fourth-order valence-corrected chi connectivity index (χ4v) is 2.58. The molecular weight excluding hydrogens is 334 g/mol. The minimum Gasteiger partial charge on any atom is -0.488 e. The molecular formula is C15H14BrN3O2. The van der Waals surface area contributed by atoms with Crippen LogP contribution in [0.1, 0.15) is 11.4 Å². The number of benzene rings is 1. The molecule has 6 heteroatoms. The number of imidazole rings is 1. The van der Waals surface area contributed by atoms with Crippen molar-refractivity contribution in [3.63, 3.8) is 0 Å². The Morgan fingerprint density at radius 1 is 1.52 bits per heavy atom. The molecule has 0 radical (unpaired) electrons. The lowest BCUT2D eigenvalue weighted by Crippen LogP contribution is -2.30. The number of aromatic nitrogens is 2. The lowest BCUT2D eigenvalue weighted by molar-refractivity contribution is -0.126. The highest BCUT2D eigenvalue weighted by Gasteiger charge is 2.20. The van der Waals surface area contributed by atoms with Crippen molar-refractivity contribution >= 4 is 27.9 Å². The normalized spacial score (nSPS) is 13.1. The lowest BCUT2D eigenvalue weighted by atomic mass is 10.1. The molecule has 0 aliphatic carbocycles. The van der Waals surface area contributed by atoms with Crippen LogP contribution in [0.25, 0.3) is 6.08 Å². The van der Waals surface area contributed by atoms with Gasteiger partial charge >= 0.3 is 0 Å². The summed E-state index contributed by atoms with van der Waals surface area (Å²) in [7, 11) is 1.75. The van der Waals surface area contributed by atoms with Crippen LogP contribution in [0.3, 0.4) is 0 Å². The Hall–Kier alpha value is -2.08. The molecule has 0 saturated carbocycles. The minimum atomic E-state index is -0.0583. The molecule has 0 unspecified atom stereocenters. The zero-order valence-electron chi connectivity index (χ0n) is 11.5. The van der Waals surface area contributed by atoms with Gasteiger partial charge in [-0.1, -0.05) is 15.9 Å². The number of aromatic amines is 1. The maximum absolute atomic E-state index is 12.4. The first-order valence-electron chi connectivity index (χ1n) is 6.50. The molecule has 1 N–H and O–H groups in total. The summed E-state index contributed by atoms with van der Waals surface area (Å²) in [5.74, 6) is 1.49. The van der Waals surface area contributed by atoms with Crippen molar-refractivity contribution in [3.05, 3.63) is 52.0 Å². The van der Waals surface area contributed by atoms with E-state index in [1.54, 1.807) is 24.3 Å². The summed E-state index contributed by atoms with van der Waals surface area (Å²) in [6.07, 6.45) is 5.29. The van der Waals surface area contributed by atoms with Gasteiger partial charge in [0, 0.05) is 29.5 Å². The molecule has 2 heterocycles. The van der Waals surface area contributed by atoms with E-state index in [2.05, 4.69) is 25.9 Å². The van der Waals surface area contributed by atoms with Crippen molar-refractivity contribution in [1.29, 1.82) is 0 Å². The van der Waals surface area contributed by atoms with Gasteiger partial charge in [0.15, 0.2) is 0 Å². The summed E-state index contributed by atoms with van der Waals surface area (Å²) >= 11 is 3.42. The molecule has 1 aromatic carbocycles. The zero-order chi connectivity index (χ0) is 14.8. The summed E-state index contributed by atoms with van der Waals surface area (Å²) in [6.45, 7) is 0.727. The van der Waals surface area contributed by atoms with Gasteiger partial charge in [-0.3, -0.25) is 4.79 Å². The number of hydrogen-bond donors (Lipinski definition) is 1. The number of nitrogens with zero attached hydrogens (tertiary/aromatic N) is 2. The number of likely N-dealkylation sites (N-methyl/N-ethyl adjacent to an activating group) is 1. The molecule has 21 heavy (non-hydrogen) atoms. The predicted molar refractivity (Wildman–Crippen MR) is 82.7 cm³/mol. The standard InChI is InChI=1S/C15H14BrN3O2/c1-19(8-14-17-4-5-18-14)15(20)11-6-10-7-12(16)2-3-13(10)21-9-11/h2-7H,8-9H2,1H3,(H,17,18). The van der Waals surface area contributed by atoms with Crippen LogP contribution >= 0.6 is 15.9 Å². The lowest BCUT2D eigenvalue weighted by Gasteiger charge is -2.22. The number of carbonyl (C=O) groups is 1. The average molecular weight is 348 g/mol. The van der Waals surface area contributed by atoms with Crippen molar-refractivity contribution in [2.24, 2.45) is 0 Å². The molecule has 1 amide bonds. The molecule has 2 aromatic rings. The molecule has 108 valence electrons. The zero-order valence-corrected chi connectivity index (χ0v) is 13.1. The van der Waals surface area contributed by atoms with Gasteiger partial charge in [0.2, 0.25) is 0 Å². The first kappa shape index (κ1) is 13.9. The largest absolute Gasteiger partial charge is 0.488 e. The van der Waals surface area contributed by atoms with Crippen molar-refractivity contribution in [2.45, 2.75) is 6.54 Å². The molecule has 1 aliphatic heterocycles. The third-order valence-corrected chi connectivity index (χ3v) is 3.74. The highest BCUT2D eigenvalue weighted by Crippen LogP contribution is 2.29. The van der Waals surface area contributed by atoms with Crippen LogP contribution in [0.4, 0.5) is 0 Å². The molecule has 1 aliphatic rings. The van der Waals surface area contributed by atoms with E-state index in [1.807, 2.05) is 24.3 Å². The Bertz CT molecular complexity index is 695. The fourth-order valence-electron chi connectivity index (χ4n) is 2.20. The number of rotatable bonds is 3. The van der Waals surface area contributed by atoms with E-state index >= 15 is 0 Å². The van der Waals surface area contributed by atoms with Crippen LogP contribution < -0.4 is 4.74 Å². The van der Waals surface area contributed by atoms with Gasteiger partial charge in [-0.25, -0.2) is 4.98 Å². The molecule has 5 nitrogen and oxygen atoms in total. The van der Waals surface area contributed by atoms with E-state index in [0.717, 1.165) is 21.6 Å². The van der Waals surface area contributed by atoms with Crippen molar-refractivity contribution < 1.29 is 9.53 Å². The number of nitrogens with one attached hydrogen (secondary N) is 1. The highest BCUT2D eigenvalue weighted by atomic mass is 79.9. The van der Waals surface area contributed by atoms with E-state index in [4.69, 9.17) is 4.74 Å². The summed E-state index contributed by atoms with van der Waals surface area (Å²) in [5, 5.41) is 0. The van der Waals surface area contributed by atoms with Crippen LogP contribution in [0.2, 0.25) is 0 Å². The highest BCUT2D eigenvalue weighted by molar-refractivity contribution is 9.10. The minimum absolute atomic E-state index is 0.0583. The Morgan fingerprint density at radius 3 is 3.14 bits per heavy atom. The Morgan fingerprint density at radius 2 is 2.38 bits per heavy atom. The van der Waals surface area contributed by atoms with Gasteiger partial charge in [-0.05, 0) is 24.3 Å². The quantitative estimate of drug-likeness (QED) is 0.928. The molecule has 0 saturated heterocycles. The molecule has 3 rings (SSSR count). The van der Waals surface area contributed by atoms with Crippen molar-refractivity contribution in [3.8, 4) is 5.75 Å². The van der Waals surface area contributed by atoms with Gasteiger partial charge in [0.25, 0.3) is 5.91 Å². The van der Waals surface area contributed by atoms with E-state index in [1.165, 1.54) is 0 Å². The second kappa shape index (κ2) is 5.73. The fraction of sp³-hybridized carbons (Fsp3) is 0.200. The Kier molecular flexibility index (Phi) is 3.79. The third kappa shape index (κ3) is 3.00. The number of H-pyrrole nitrogens is 1. The number of carbonyl (C=O) groups excluding carboxylic acids is 1. The monoisotopic (exact) mass is 347 g/mol. The van der Waals surface area contributed by atoms with Crippen molar-refractivity contribution in [1.82, 2.24) is 14.9 Å². The average Bonchev–Trinajstić information content (AvgIpc) is 2.98.